The number of alkyl halides is 8. The summed E-state index contributed by atoms with van der Waals surface area (Å²) in [6.07, 6.45) is -10.1. The molecule has 0 radical (unpaired) electrons. The van der Waals surface area contributed by atoms with E-state index >= 15 is 0 Å². The highest BCUT2D eigenvalue weighted by atomic mass is 32.1. The van der Waals surface area contributed by atoms with Gasteiger partial charge in [-0.05, 0) is 40.7 Å². The zero-order chi connectivity index (χ0) is 31.3. The second kappa shape index (κ2) is 11.0. The van der Waals surface area contributed by atoms with E-state index in [0.29, 0.717) is 30.5 Å². The van der Waals surface area contributed by atoms with Crippen molar-refractivity contribution in [2.75, 3.05) is 11.9 Å². The molecule has 8 nitrogen and oxygen atoms in total. The summed E-state index contributed by atoms with van der Waals surface area (Å²) in [5.74, 6) is -6.18. The molecule has 0 unspecified atom stereocenters. The van der Waals surface area contributed by atoms with Crippen LogP contribution in [0.15, 0.2) is 12.3 Å². The molecule has 41 heavy (non-hydrogen) atoms. The fourth-order valence-electron chi connectivity index (χ4n) is 3.85. The van der Waals surface area contributed by atoms with Gasteiger partial charge in [-0.2, -0.15) is 26.3 Å². The maximum atomic E-state index is 14.2. The van der Waals surface area contributed by atoms with Gasteiger partial charge in [0.2, 0.25) is 0 Å². The minimum atomic E-state index is -5.17. The molecular formula is C24H27F8N5O3S. The van der Waals surface area contributed by atoms with Crippen LogP contribution < -0.4 is 10.6 Å². The third-order valence-corrected chi connectivity index (χ3v) is 7.62. The quantitative estimate of drug-likeness (QED) is 0.362. The van der Waals surface area contributed by atoms with Gasteiger partial charge in [-0.3, -0.25) is 9.59 Å². The van der Waals surface area contributed by atoms with Gasteiger partial charge in [0.05, 0.1) is 28.6 Å². The predicted octanol–water partition coefficient (Wildman–Crippen LogP) is 5.35. The summed E-state index contributed by atoms with van der Waals surface area (Å²) in [6, 6.07) is -3.84. The van der Waals surface area contributed by atoms with Gasteiger partial charge in [-0.15, -0.1) is 11.3 Å². The molecule has 228 valence electrons. The number of carbonyl (C=O) groups excluding carboxylic acids is 2. The predicted molar refractivity (Wildman–Crippen MR) is 133 cm³/mol. The van der Waals surface area contributed by atoms with E-state index < -0.39 is 99.3 Å². The Balaban J connectivity index is 2.16. The lowest BCUT2D eigenvalue weighted by molar-refractivity contribution is -0.138. The topological polar surface area (TPSA) is 107 Å². The van der Waals surface area contributed by atoms with Gasteiger partial charge in [0.25, 0.3) is 17.7 Å². The molecule has 0 aliphatic carbocycles. The first-order valence-corrected chi connectivity index (χ1v) is 13.0. The minimum absolute atomic E-state index is 0.314. The summed E-state index contributed by atoms with van der Waals surface area (Å²) in [6.45, 7) is 5.15. The minimum Gasteiger partial charge on any atom is -0.388 e. The Morgan fingerprint density at radius 2 is 1.76 bits per heavy atom. The molecule has 2 aromatic heterocycles. The Morgan fingerprint density at radius 1 is 1.15 bits per heavy atom. The molecule has 3 atom stereocenters. The van der Waals surface area contributed by atoms with Gasteiger partial charge < -0.3 is 20.6 Å². The van der Waals surface area contributed by atoms with Gasteiger partial charge in [0.15, 0.2) is 5.01 Å². The third kappa shape index (κ3) is 7.42. The molecule has 3 N–H and O–H groups in total. The monoisotopic (exact) mass is 617 g/mol. The van der Waals surface area contributed by atoms with Crippen molar-refractivity contribution < 1.29 is 49.8 Å². The first kappa shape index (κ1) is 32.4. The Kier molecular flexibility index (Phi) is 8.67. The van der Waals surface area contributed by atoms with E-state index in [0.717, 1.165) is 4.90 Å². The van der Waals surface area contributed by atoms with E-state index in [1.165, 1.54) is 27.7 Å². The molecule has 0 spiro atoms. The van der Waals surface area contributed by atoms with Gasteiger partial charge in [0, 0.05) is 24.2 Å². The molecule has 0 aromatic carbocycles. The molecule has 1 aliphatic heterocycles. The molecule has 17 heteroatoms. The van der Waals surface area contributed by atoms with E-state index in [-0.39, 0.29) is 0 Å². The van der Waals surface area contributed by atoms with Crippen molar-refractivity contribution in [3.8, 4) is 10.4 Å². The largest absolute Gasteiger partial charge is 0.417 e. The van der Waals surface area contributed by atoms with Crippen LogP contribution in [0.3, 0.4) is 0 Å². The number of thiazole rings is 1. The lowest BCUT2D eigenvalue weighted by atomic mass is 10.0. The van der Waals surface area contributed by atoms with E-state index in [2.05, 4.69) is 15.3 Å². The molecular weight excluding hydrogens is 590 g/mol. The average Bonchev–Trinajstić information content (AvgIpc) is 3.37. The van der Waals surface area contributed by atoms with Gasteiger partial charge >= 0.3 is 12.4 Å². The second-order valence-electron chi connectivity index (χ2n) is 10.4. The number of nitrogens with zero attached hydrogens (tertiary/aromatic N) is 3. The van der Waals surface area contributed by atoms with E-state index in [9.17, 15) is 49.8 Å². The third-order valence-electron chi connectivity index (χ3n) is 6.53. The van der Waals surface area contributed by atoms with E-state index in [1.54, 1.807) is 0 Å². The van der Waals surface area contributed by atoms with Crippen molar-refractivity contribution in [1.82, 2.24) is 20.2 Å². The van der Waals surface area contributed by atoms with Crippen LogP contribution in [0.4, 0.5) is 40.9 Å². The van der Waals surface area contributed by atoms with Gasteiger partial charge in [-0.1, -0.05) is 0 Å². The molecule has 1 fully saturated rings. The molecule has 3 rings (SSSR count). The van der Waals surface area contributed by atoms with Gasteiger partial charge in [0.1, 0.15) is 17.6 Å². The fourth-order valence-corrected chi connectivity index (χ4v) is 4.84. The van der Waals surface area contributed by atoms with Crippen LogP contribution in [-0.2, 0) is 6.18 Å². The number of rotatable bonds is 7. The molecule has 3 heterocycles. The lowest BCUT2D eigenvalue weighted by Crippen LogP contribution is -2.47. The first-order valence-electron chi connectivity index (χ1n) is 12.1. The van der Waals surface area contributed by atoms with Crippen LogP contribution >= 0.6 is 11.3 Å². The zero-order valence-corrected chi connectivity index (χ0v) is 23.2. The Hall–Kier alpha value is -3.08. The summed E-state index contributed by atoms with van der Waals surface area (Å²) >= 11 is 0.336. The number of aromatic nitrogens is 2. The van der Waals surface area contributed by atoms with E-state index in [4.69, 9.17) is 0 Å². The number of amides is 2. The first-order chi connectivity index (χ1) is 18.5. The van der Waals surface area contributed by atoms with Crippen molar-refractivity contribution >= 4 is 29.0 Å². The maximum absolute atomic E-state index is 14.2. The highest BCUT2D eigenvalue weighted by Crippen LogP contribution is 2.43. The smallest absolute Gasteiger partial charge is 0.388 e. The Morgan fingerprint density at radius 3 is 2.24 bits per heavy atom. The van der Waals surface area contributed by atoms with Gasteiger partial charge in [-0.25, -0.2) is 18.7 Å². The van der Waals surface area contributed by atoms with Crippen LogP contribution in [-0.4, -0.2) is 74.2 Å². The SMILES string of the molecule is C[C@H](Nc1cc(C(F)(F)F)c(-c2sc(C(=O)N[C@H](C)C(C)(C)O)nc2C(=O)N2CC(F)(F)C[C@@H]2C)cn1)C(F)(F)F. The highest BCUT2D eigenvalue weighted by Gasteiger charge is 2.47. The number of likely N-dealkylation sites (tertiary alicyclic amines) is 1. The molecule has 2 amide bonds. The highest BCUT2D eigenvalue weighted by molar-refractivity contribution is 7.17. The van der Waals surface area contributed by atoms with Crippen molar-refractivity contribution in [1.29, 1.82) is 0 Å². The number of pyridine rings is 1. The van der Waals surface area contributed by atoms with Crippen LogP contribution in [0.1, 0.15) is 66.9 Å². The summed E-state index contributed by atoms with van der Waals surface area (Å²) in [5.41, 5.74) is -4.46. The number of aliphatic hydroxyl groups is 1. The Labute approximate surface area is 233 Å². The Bertz CT molecular complexity index is 1310. The summed E-state index contributed by atoms with van der Waals surface area (Å²) < 4.78 is 109. The number of halogens is 8. The molecule has 0 saturated carbocycles. The molecule has 2 aromatic rings. The number of anilines is 1. The van der Waals surface area contributed by atoms with E-state index in [1.807, 2.05) is 5.32 Å². The summed E-state index contributed by atoms with van der Waals surface area (Å²) in [4.78, 5) is 34.0. The summed E-state index contributed by atoms with van der Waals surface area (Å²) in [7, 11) is 0. The van der Waals surface area contributed by atoms with Crippen LogP contribution in [0.2, 0.25) is 0 Å². The van der Waals surface area contributed by atoms with Crippen LogP contribution in [0.5, 0.6) is 0 Å². The van der Waals surface area contributed by atoms with Crippen molar-refractivity contribution in [3.05, 3.63) is 28.5 Å². The van der Waals surface area contributed by atoms with Crippen molar-refractivity contribution in [2.45, 2.75) is 83.0 Å². The standard InChI is InChI=1S/C24H27F8N5O3S/c1-10-7-22(25,26)9-37(10)20(39)16-17(41-19(36-16)18(38)35-11(2)21(4,5)40)13-8-33-15(6-14(13)24(30,31)32)34-12(3)23(27,28)29/h6,8,10-12,40H,7,9H2,1-5H3,(H,33,34)(H,35,38)/t10-,11+,12-/m0/s1. The van der Waals surface area contributed by atoms with Crippen LogP contribution in [0.25, 0.3) is 10.4 Å². The number of carbonyl (C=O) groups is 2. The zero-order valence-electron chi connectivity index (χ0n) is 22.3. The normalized spacial score (nSPS) is 19.2. The molecule has 1 saturated heterocycles. The summed E-state index contributed by atoms with van der Waals surface area (Å²) in [5, 5.41) is 13.8. The maximum Gasteiger partial charge on any atom is 0.417 e. The number of nitrogens with one attached hydrogen (secondary N) is 2. The molecule has 0 bridgehead atoms. The second-order valence-corrected chi connectivity index (χ2v) is 11.4. The fraction of sp³-hybridized carbons (Fsp3) is 0.583. The van der Waals surface area contributed by atoms with Crippen molar-refractivity contribution in [2.24, 2.45) is 0 Å². The average molecular weight is 618 g/mol. The lowest BCUT2D eigenvalue weighted by Gasteiger charge is -2.26. The number of hydrogen-bond acceptors (Lipinski definition) is 7. The van der Waals surface area contributed by atoms with Crippen LogP contribution in [0, 0.1) is 0 Å². The number of hydrogen-bond donors (Lipinski definition) is 3. The molecule has 1 aliphatic rings. The van der Waals surface area contributed by atoms with Crippen molar-refractivity contribution in [3.63, 3.8) is 0 Å².